The highest BCUT2D eigenvalue weighted by molar-refractivity contribution is 7.16. The van der Waals surface area contributed by atoms with Crippen LogP contribution in [-0.2, 0) is 16.1 Å². The Kier molecular flexibility index (Phi) is 5.51. The number of aromatic nitrogens is 2. The van der Waals surface area contributed by atoms with Crippen molar-refractivity contribution in [3.63, 3.8) is 0 Å². The topological polar surface area (TPSA) is 93.5 Å². The molecule has 1 N–H and O–H groups in total. The second-order valence-corrected chi connectivity index (χ2v) is 6.74. The maximum absolute atomic E-state index is 12.4. The van der Waals surface area contributed by atoms with Gasteiger partial charge in [0.05, 0.1) is 25.4 Å². The molecule has 0 unspecified atom stereocenters. The van der Waals surface area contributed by atoms with Crippen molar-refractivity contribution in [3.8, 4) is 5.75 Å². The van der Waals surface area contributed by atoms with Gasteiger partial charge in [0.1, 0.15) is 17.1 Å². The molecule has 0 fully saturated rings. The number of carbonyl (C=O) groups is 2. The van der Waals surface area contributed by atoms with E-state index < -0.39 is 0 Å². The van der Waals surface area contributed by atoms with Crippen LogP contribution in [0.1, 0.15) is 0 Å². The predicted octanol–water partition coefficient (Wildman–Crippen LogP) is 1.56. The molecule has 9 heteroatoms. The van der Waals surface area contributed by atoms with Crippen LogP contribution in [0.2, 0.25) is 0 Å². The molecule has 0 saturated heterocycles. The molecule has 2 amide bonds. The number of ether oxygens (including phenoxy) is 1. The lowest BCUT2D eigenvalue weighted by Gasteiger charge is -2.17. The minimum Gasteiger partial charge on any atom is -0.497 e. The molecule has 0 saturated carbocycles. The summed E-state index contributed by atoms with van der Waals surface area (Å²) in [5, 5.41) is 4.96. The SMILES string of the molecule is COc1cccc(NC(=O)CN(C)C(=O)Cn2cnc3sccc3c2=O)c1. The minimum atomic E-state index is -0.366. The number of nitrogens with one attached hydrogen (secondary N) is 1. The monoisotopic (exact) mass is 386 g/mol. The first-order valence-electron chi connectivity index (χ1n) is 8.08. The summed E-state index contributed by atoms with van der Waals surface area (Å²) in [4.78, 5) is 42.9. The molecule has 27 heavy (non-hydrogen) atoms. The van der Waals surface area contributed by atoms with Crippen LogP contribution in [-0.4, -0.2) is 47.0 Å². The fraction of sp³-hybridized carbons (Fsp3) is 0.222. The molecule has 0 aliphatic carbocycles. The maximum Gasteiger partial charge on any atom is 0.262 e. The Labute approximate surface area is 159 Å². The lowest BCUT2D eigenvalue weighted by molar-refractivity contribution is -0.133. The Balaban J connectivity index is 1.61. The molecule has 3 rings (SSSR count). The van der Waals surface area contributed by atoms with E-state index in [4.69, 9.17) is 4.74 Å². The van der Waals surface area contributed by atoms with Crippen molar-refractivity contribution in [3.05, 3.63) is 52.4 Å². The van der Waals surface area contributed by atoms with Crippen LogP contribution < -0.4 is 15.6 Å². The third-order valence-corrected chi connectivity index (χ3v) is 4.74. The molecule has 0 radical (unpaired) electrons. The summed E-state index contributed by atoms with van der Waals surface area (Å²) in [5.41, 5.74) is 0.298. The van der Waals surface area contributed by atoms with Gasteiger partial charge in [-0.15, -0.1) is 11.3 Å². The number of carbonyl (C=O) groups excluding carboxylic acids is 2. The van der Waals surface area contributed by atoms with Gasteiger partial charge in [-0.2, -0.15) is 0 Å². The Morgan fingerprint density at radius 2 is 2.15 bits per heavy atom. The second-order valence-electron chi connectivity index (χ2n) is 5.85. The molecule has 0 aliphatic heterocycles. The number of methoxy groups -OCH3 is 1. The molecule has 2 heterocycles. The first-order chi connectivity index (χ1) is 13.0. The van der Waals surface area contributed by atoms with Gasteiger partial charge in [0.2, 0.25) is 11.8 Å². The molecule has 0 bridgehead atoms. The van der Waals surface area contributed by atoms with Crippen LogP contribution in [0.25, 0.3) is 10.2 Å². The van der Waals surface area contributed by atoms with E-state index in [-0.39, 0.29) is 30.5 Å². The first-order valence-corrected chi connectivity index (χ1v) is 8.96. The summed E-state index contributed by atoms with van der Waals surface area (Å²) in [6.45, 7) is -0.320. The zero-order chi connectivity index (χ0) is 19.4. The summed E-state index contributed by atoms with van der Waals surface area (Å²) in [6, 6.07) is 8.61. The van der Waals surface area contributed by atoms with Crippen molar-refractivity contribution in [2.45, 2.75) is 6.54 Å². The summed E-state index contributed by atoms with van der Waals surface area (Å²) in [6.07, 6.45) is 1.35. The summed E-state index contributed by atoms with van der Waals surface area (Å²) in [5.74, 6) is -0.0972. The molecule has 140 valence electrons. The van der Waals surface area contributed by atoms with Crippen LogP contribution in [0.4, 0.5) is 5.69 Å². The normalized spacial score (nSPS) is 10.6. The van der Waals surface area contributed by atoms with Crippen molar-refractivity contribution in [2.75, 3.05) is 26.0 Å². The molecule has 1 aromatic carbocycles. The largest absolute Gasteiger partial charge is 0.497 e. The molecule has 0 spiro atoms. The molecular weight excluding hydrogens is 368 g/mol. The number of benzene rings is 1. The lowest BCUT2D eigenvalue weighted by atomic mass is 10.3. The number of thiophene rings is 1. The molecule has 3 aromatic rings. The van der Waals surface area contributed by atoms with Crippen molar-refractivity contribution in [1.29, 1.82) is 0 Å². The average molecular weight is 386 g/mol. The molecule has 0 atom stereocenters. The average Bonchev–Trinajstić information content (AvgIpc) is 3.13. The van der Waals surface area contributed by atoms with E-state index in [0.29, 0.717) is 21.7 Å². The fourth-order valence-corrected chi connectivity index (χ4v) is 3.20. The molecule has 2 aromatic heterocycles. The summed E-state index contributed by atoms with van der Waals surface area (Å²) < 4.78 is 6.35. The van der Waals surface area contributed by atoms with Gasteiger partial charge in [-0.1, -0.05) is 6.07 Å². The number of hydrogen-bond acceptors (Lipinski definition) is 6. The van der Waals surface area contributed by atoms with E-state index >= 15 is 0 Å². The van der Waals surface area contributed by atoms with Gasteiger partial charge in [-0.25, -0.2) is 4.98 Å². The third-order valence-electron chi connectivity index (χ3n) is 3.92. The van der Waals surface area contributed by atoms with Crippen molar-refractivity contribution >= 4 is 39.1 Å². The van der Waals surface area contributed by atoms with Crippen molar-refractivity contribution in [1.82, 2.24) is 14.5 Å². The number of anilines is 1. The Morgan fingerprint density at radius 3 is 2.93 bits per heavy atom. The van der Waals surface area contributed by atoms with E-state index in [1.165, 1.54) is 41.3 Å². The summed E-state index contributed by atoms with van der Waals surface area (Å²) >= 11 is 1.37. The number of hydrogen-bond donors (Lipinski definition) is 1. The van der Waals surface area contributed by atoms with Crippen LogP contribution in [0.3, 0.4) is 0 Å². The van der Waals surface area contributed by atoms with E-state index in [9.17, 15) is 14.4 Å². The zero-order valence-electron chi connectivity index (χ0n) is 14.8. The van der Waals surface area contributed by atoms with Crippen molar-refractivity contribution in [2.24, 2.45) is 0 Å². The molecule has 8 nitrogen and oxygen atoms in total. The molecule has 0 aliphatic rings. The number of likely N-dealkylation sites (N-methyl/N-ethyl adjacent to an activating group) is 1. The van der Waals surface area contributed by atoms with Gasteiger partial charge in [-0.3, -0.25) is 19.0 Å². The standard InChI is InChI=1S/C18H18N4O4S/c1-21(9-15(23)20-12-4-3-5-13(8-12)26-2)16(24)10-22-11-19-17-14(18(22)25)6-7-27-17/h3-8,11H,9-10H2,1-2H3,(H,20,23). The van der Waals surface area contributed by atoms with E-state index in [1.54, 1.807) is 35.7 Å². The Morgan fingerprint density at radius 1 is 1.33 bits per heavy atom. The van der Waals surface area contributed by atoms with E-state index in [1.807, 2.05) is 0 Å². The Hall–Kier alpha value is -3.20. The smallest absolute Gasteiger partial charge is 0.262 e. The van der Waals surface area contributed by atoms with Crippen LogP contribution in [0.5, 0.6) is 5.75 Å². The third kappa shape index (κ3) is 4.32. The first kappa shape index (κ1) is 18.6. The quantitative estimate of drug-likeness (QED) is 0.694. The van der Waals surface area contributed by atoms with Gasteiger partial charge in [0.15, 0.2) is 0 Å². The number of rotatable bonds is 6. The van der Waals surface area contributed by atoms with Gasteiger partial charge in [0.25, 0.3) is 5.56 Å². The second kappa shape index (κ2) is 8.00. The van der Waals surface area contributed by atoms with Crippen LogP contribution in [0.15, 0.2) is 46.8 Å². The number of nitrogens with zero attached hydrogens (tertiary/aromatic N) is 3. The highest BCUT2D eigenvalue weighted by Crippen LogP contribution is 2.16. The predicted molar refractivity (Wildman–Crippen MR) is 103 cm³/mol. The summed E-state index contributed by atoms with van der Waals surface area (Å²) in [7, 11) is 3.05. The fourth-order valence-electron chi connectivity index (χ4n) is 2.48. The lowest BCUT2D eigenvalue weighted by Crippen LogP contribution is -2.38. The van der Waals surface area contributed by atoms with E-state index in [0.717, 1.165) is 0 Å². The van der Waals surface area contributed by atoms with E-state index in [2.05, 4.69) is 10.3 Å². The van der Waals surface area contributed by atoms with Gasteiger partial charge in [0, 0.05) is 18.8 Å². The highest BCUT2D eigenvalue weighted by atomic mass is 32.1. The molecular formula is C18H18N4O4S. The van der Waals surface area contributed by atoms with Crippen LogP contribution >= 0.6 is 11.3 Å². The van der Waals surface area contributed by atoms with Crippen molar-refractivity contribution < 1.29 is 14.3 Å². The van der Waals surface area contributed by atoms with Gasteiger partial charge in [-0.05, 0) is 23.6 Å². The highest BCUT2D eigenvalue weighted by Gasteiger charge is 2.15. The van der Waals surface area contributed by atoms with Gasteiger partial charge >= 0.3 is 0 Å². The Bertz CT molecular complexity index is 1040. The minimum absolute atomic E-state index is 0.140. The number of fused-ring (bicyclic) bond motifs is 1. The van der Waals surface area contributed by atoms with Gasteiger partial charge < -0.3 is 15.0 Å². The number of amides is 2. The zero-order valence-corrected chi connectivity index (χ0v) is 15.7. The maximum atomic E-state index is 12.4. The van der Waals surface area contributed by atoms with Crippen LogP contribution in [0, 0.1) is 0 Å².